The molecule has 0 saturated heterocycles. The maximum atomic E-state index is 12.0. The molecule has 0 aliphatic rings. The Labute approximate surface area is 144 Å². The number of hydrogen-bond donors (Lipinski definition) is 3. The quantitative estimate of drug-likeness (QED) is 0.368. The molecule has 0 spiro atoms. The van der Waals surface area contributed by atoms with Gasteiger partial charge < -0.3 is 19.9 Å². The number of benzene rings is 1. The van der Waals surface area contributed by atoms with E-state index in [1.165, 1.54) is 39.8 Å². The highest BCUT2D eigenvalue weighted by Crippen LogP contribution is 2.21. The first-order valence-corrected chi connectivity index (χ1v) is 9.47. The van der Waals surface area contributed by atoms with Crippen molar-refractivity contribution in [3.8, 4) is 5.75 Å². The molecule has 128 valence electrons. The van der Waals surface area contributed by atoms with E-state index in [1.807, 2.05) is 0 Å². The van der Waals surface area contributed by atoms with Crippen LogP contribution in [0.5, 0.6) is 5.75 Å². The number of aliphatic carboxylic acids is 1. The van der Waals surface area contributed by atoms with E-state index < -0.39 is 17.5 Å². The normalized spacial score (nSPS) is 10.7. The topological polar surface area (TPSA) is 117 Å². The predicted octanol–water partition coefficient (Wildman–Crippen LogP) is 2.08. The molecule has 1 amide bonds. The average molecular weight is 369 g/mol. The van der Waals surface area contributed by atoms with Crippen LogP contribution < -0.4 is 10.9 Å². The predicted molar refractivity (Wildman–Crippen MR) is 93.7 cm³/mol. The Morgan fingerprint density at radius 2 is 1.92 bits per heavy atom. The van der Waals surface area contributed by atoms with Gasteiger partial charge in [0, 0.05) is 29.5 Å². The summed E-state index contributed by atoms with van der Waals surface area (Å²) in [6.07, 6.45) is 0.0950. The van der Waals surface area contributed by atoms with Crippen molar-refractivity contribution in [2.75, 3.05) is 18.1 Å². The van der Waals surface area contributed by atoms with Crippen LogP contribution in [0.3, 0.4) is 0 Å². The number of fused-ring (bicyclic) bond motifs is 1. The van der Waals surface area contributed by atoms with Gasteiger partial charge in [-0.2, -0.15) is 0 Å². The molecule has 0 fully saturated rings. The molecule has 0 bridgehead atoms. The van der Waals surface area contributed by atoms with Crippen LogP contribution in [0.15, 0.2) is 33.5 Å². The molecular weight excluding hydrogens is 354 g/mol. The number of aromatic hydroxyl groups is 1. The number of hydrogen-bond acceptors (Lipinski definition) is 7. The van der Waals surface area contributed by atoms with E-state index in [2.05, 4.69) is 5.32 Å². The van der Waals surface area contributed by atoms with Crippen LogP contribution in [0, 0.1) is 0 Å². The first-order valence-electron chi connectivity index (χ1n) is 6.98. The van der Waals surface area contributed by atoms with Gasteiger partial charge in [-0.3, -0.25) is 9.59 Å². The Bertz CT molecular complexity index is 804. The van der Waals surface area contributed by atoms with Gasteiger partial charge in [0.25, 0.3) is 5.91 Å². The molecule has 0 aliphatic heterocycles. The molecule has 1 heterocycles. The molecule has 0 atom stereocenters. The third-order valence-corrected chi connectivity index (χ3v) is 5.33. The zero-order valence-electron chi connectivity index (χ0n) is 12.5. The zero-order chi connectivity index (χ0) is 17.5. The van der Waals surface area contributed by atoms with E-state index in [9.17, 15) is 19.5 Å². The largest absolute Gasteiger partial charge is 0.508 e. The van der Waals surface area contributed by atoms with E-state index in [4.69, 9.17) is 9.52 Å². The van der Waals surface area contributed by atoms with Crippen molar-refractivity contribution in [1.82, 2.24) is 5.32 Å². The number of carbonyl (C=O) groups excluding carboxylic acids is 1. The number of amides is 1. The van der Waals surface area contributed by atoms with E-state index in [0.29, 0.717) is 23.4 Å². The second kappa shape index (κ2) is 8.65. The fourth-order valence-electron chi connectivity index (χ4n) is 1.81. The number of rotatable bonds is 8. The zero-order valence-corrected chi connectivity index (χ0v) is 14.1. The average Bonchev–Trinajstić information content (AvgIpc) is 2.52. The van der Waals surface area contributed by atoms with Crippen molar-refractivity contribution in [3.05, 3.63) is 40.2 Å². The van der Waals surface area contributed by atoms with Crippen LogP contribution in [0.25, 0.3) is 11.0 Å². The fraction of sp³-hybridized carbons (Fsp3) is 0.267. The van der Waals surface area contributed by atoms with E-state index in [1.54, 1.807) is 6.07 Å². The monoisotopic (exact) mass is 369 g/mol. The molecule has 9 heteroatoms. The third-order valence-electron chi connectivity index (χ3n) is 2.92. The summed E-state index contributed by atoms with van der Waals surface area (Å²) >= 11 is 0. The van der Waals surface area contributed by atoms with Gasteiger partial charge in [-0.25, -0.2) is 4.79 Å². The maximum Gasteiger partial charge on any atom is 0.349 e. The van der Waals surface area contributed by atoms with Gasteiger partial charge in [0.15, 0.2) is 0 Å². The molecular formula is C15H15NO6S2. The highest BCUT2D eigenvalue weighted by Gasteiger charge is 2.13. The molecule has 3 N–H and O–H groups in total. The molecule has 0 radical (unpaired) electrons. The van der Waals surface area contributed by atoms with E-state index >= 15 is 0 Å². The standard InChI is InChI=1S/C15H15NO6S2/c17-10-2-1-9-7-11(15(21)22-12(9)8-10)14(20)16-4-6-24-23-5-3-13(18)19/h1-2,7-8,17H,3-6H2,(H,16,20)(H,18,19). The Hall–Kier alpha value is -2.13. The van der Waals surface area contributed by atoms with Gasteiger partial charge in [0.2, 0.25) is 0 Å². The molecule has 2 rings (SSSR count). The van der Waals surface area contributed by atoms with Crippen LogP contribution >= 0.6 is 21.6 Å². The number of phenols is 1. The van der Waals surface area contributed by atoms with Crippen molar-refractivity contribution < 1.29 is 24.2 Å². The smallest absolute Gasteiger partial charge is 0.349 e. The SMILES string of the molecule is O=C(O)CCSSCCNC(=O)c1cc2ccc(O)cc2oc1=O. The Morgan fingerprint density at radius 1 is 1.17 bits per heavy atom. The minimum absolute atomic E-state index is 0.0275. The first-order chi connectivity index (χ1) is 11.5. The Kier molecular flexibility index (Phi) is 6.56. The summed E-state index contributed by atoms with van der Waals surface area (Å²) in [6, 6.07) is 5.72. The summed E-state index contributed by atoms with van der Waals surface area (Å²) in [7, 11) is 2.87. The lowest BCUT2D eigenvalue weighted by atomic mass is 10.1. The van der Waals surface area contributed by atoms with Crippen molar-refractivity contribution in [3.63, 3.8) is 0 Å². The lowest BCUT2D eigenvalue weighted by Gasteiger charge is -2.05. The summed E-state index contributed by atoms with van der Waals surface area (Å²) in [4.78, 5) is 34.2. The highest BCUT2D eigenvalue weighted by atomic mass is 33.1. The first kappa shape index (κ1) is 18.2. The van der Waals surface area contributed by atoms with Crippen LogP contribution in [0.4, 0.5) is 0 Å². The third kappa shape index (κ3) is 5.20. The molecule has 1 aromatic heterocycles. The molecule has 0 unspecified atom stereocenters. The number of nitrogens with one attached hydrogen (secondary N) is 1. The maximum absolute atomic E-state index is 12.0. The molecule has 0 saturated carbocycles. The highest BCUT2D eigenvalue weighted by molar-refractivity contribution is 8.76. The van der Waals surface area contributed by atoms with Gasteiger partial charge in [-0.15, -0.1) is 0 Å². The second-order valence-electron chi connectivity index (χ2n) is 4.71. The van der Waals surface area contributed by atoms with Crippen LogP contribution in [0.1, 0.15) is 16.8 Å². The summed E-state index contributed by atoms with van der Waals surface area (Å²) in [5.74, 6) is -0.319. The summed E-state index contributed by atoms with van der Waals surface area (Å²) in [5, 5.41) is 21.0. The fourth-order valence-corrected chi connectivity index (χ4v) is 3.69. The van der Waals surface area contributed by atoms with Crippen LogP contribution in [0.2, 0.25) is 0 Å². The second-order valence-corrected chi connectivity index (χ2v) is 7.42. The van der Waals surface area contributed by atoms with Crippen LogP contribution in [-0.4, -0.2) is 40.1 Å². The summed E-state index contributed by atoms with van der Waals surface area (Å²) < 4.78 is 5.04. The van der Waals surface area contributed by atoms with Crippen molar-refractivity contribution in [1.29, 1.82) is 0 Å². The van der Waals surface area contributed by atoms with Gasteiger partial charge in [0.1, 0.15) is 16.9 Å². The van der Waals surface area contributed by atoms with Gasteiger partial charge in [0.05, 0.1) is 6.42 Å². The summed E-state index contributed by atoms with van der Waals surface area (Å²) in [6.45, 7) is 0.344. The molecule has 7 nitrogen and oxygen atoms in total. The van der Waals surface area contributed by atoms with E-state index in [0.717, 1.165) is 0 Å². The number of phenolic OH excluding ortho intramolecular Hbond substituents is 1. The lowest BCUT2D eigenvalue weighted by molar-refractivity contribution is -0.136. The summed E-state index contributed by atoms with van der Waals surface area (Å²) in [5.41, 5.74) is -0.659. The van der Waals surface area contributed by atoms with Gasteiger partial charge >= 0.3 is 11.6 Å². The molecule has 2 aromatic rings. The van der Waals surface area contributed by atoms with Crippen molar-refractivity contribution in [2.45, 2.75) is 6.42 Å². The molecule has 1 aromatic carbocycles. The van der Waals surface area contributed by atoms with Crippen molar-refractivity contribution >= 4 is 44.4 Å². The Morgan fingerprint density at radius 3 is 2.67 bits per heavy atom. The Balaban J connectivity index is 1.87. The van der Waals surface area contributed by atoms with Gasteiger partial charge in [-0.05, 0) is 18.2 Å². The number of carboxylic acid groups (broad SMARTS) is 1. The number of carbonyl (C=O) groups is 2. The van der Waals surface area contributed by atoms with Gasteiger partial charge in [-0.1, -0.05) is 21.6 Å². The lowest BCUT2D eigenvalue weighted by Crippen LogP contribution is -2.29. The van der Waals surface area contributed by atoms with E-state index in [-0.39, 0.29) is 23.3 Å². The molecule has 0 aliphatic carbocycles. The van der Waals surface area contributed by atoms with Crippen LogP contribution in [-0.2, 0) is 4.79 Å². The van der Waals surface area contributed by atoms with Crippen molar-refractivity contribution in [2.24, 2.45) is 0 Å². The molecule has 24 heavy (non-hydrogen) atoms. The minimum atomic E-state index is -0.840. The number of carboxylic acids is 1. The minimum Gasteiger partial charge on any atom is -0.508 e.